The first kappa shape index (κ1) is 17.3. The van der Waals surface area contributed by atoms with Gasteiger partial charge in [-0.25, -0.2) is 12.4 Å². The van der Waals surface area contributed by atoms with E-state index in [1.54, 1.807) is 18.4 Å². The number of halogens is 2. The molecule has 2 aromatic heterocycles. The molecule has 0 radical (unpaired) electrons. The van der Waals surface area contributed by atoms with E-state index in [4.69, 9.17) is 28.3 Å². The molecule has 1 N–H and O–H groups in total. The third-order valence-corrected chi connectivity index (χ3v) is 6.82. The summed E-state index contributed by atoms with van der Waals surface area (Å²) in [4.78, 5) is 11.5. The van der Waals surface area contributed by atoms with E-state index in [0.717, 1.165) is 3.97 Å². The van der Waals surface area contributed by atoms with Gasteiger partial charge in [0, 0.05) is 21.1 Å². The van der Waals surface area contributed by atoms with Crippen molar-refractivity contribution >= 4 is 60.7 Å². The van der Waals surface area contributed by atoms with Crippen molar-refractivity contribution < 1.29 is 18.3 Å². The van der Waals surface area contributed by atoms with Crippen LogP contribution in [0.5, 0.6) is 0 Å². The third-order valence-electron chi connectivity index (χ3n) is 3.60. The summed E-state index contributed by atoms with van der Waals surface area (Å²) >= 11 is 13.1. The number of nitrogens with zero attached hydrogens (tertiary/aromatic N) is 1. The molecule has 126 valence electrons. The number of aromatic nitrogens is 1. The predicted molar refractivity (Wildman–Crippen MR) is 94.9 cm³/mol. The zero-order valence-electron chi connectivity index (χ0n) is 12.3. The first-order valence-corrected chi connectivity index (χ1v) is 9.80. The Bertz CT molecular complexity index is 1050. The van der Waals surface area contributed by atoms with Crippen LogP contribution < -0.4 is 0 Å². The van der Waals surface area contributed by atoms with Crippen molar-refractivity contribution in [3.8, 4) is 0 Å². The quantitative estimate of drug-likeness (QED) is 0.708. The van der Waals surface area contributed by atoms with E-state index in [1.807, 2.05) is 0 Å². The van der Waals surface area contributed by atoms with Gasteiger partial charge in [-0.15, -0.1) is 11.3 Å². The maximum atomic E-state index is 13.1. The van der Waals surface area contributed by atoms with Crippen molar-refractivity contribution in [3.63, 3.8) is 0 Å². The average Bonchev–Trinajstić information content (AvgIpc) is 3.00. The van der Waals surface area contributed by atoms with Crippen molar-refractivity contribution in [2.45, 2.75) is 18.2 Å². The number of carboxylic acids is 1. The van der Waals surface area contributed by atoms with E-state index in [0.29, 0.717) is 21.5 Å². The van der Waals surface area contributed by atoms with Gasteiger partial charge in [0.05, 0.1) is 11.3 Å². The van der Waals surface area contributed by atoms with Crippen molar-refractivity contribution in [1.82, 2.24) is 3.97 Å². The maximum Gasteiger partial charge on any atom is 0.307 e. The van der Waals surface area contributed by atoms with E-state index in [2.05, 4.69) is 0 Å². The third kappa shape index (κ3) is 2.82. The van der Waals surface area contributed by atoms with Crippen LogP contribution in [0.3, 0.4) is 0 Å². The molecule has 0 fully saturated rings. The predicted octanol–water partition coefficient (Wildman–Crippen LogP) is 4.18. The Balaban J connectivity index is 2.30. The number of benzene rings is 1. The summed E-state index contributed by atoms with van der Waals surface area (Å²) in [5.74, 6) is -1.02. The highest BCUT2D eigenvalue weighted by molar-refractivity contribution is 7.90. The lowest BCUT2D eigenvalue weighted by molar-refractivity contribution is -0.136. The highest BCUT2D eigenvalue weighted by Crippen LogP contribution is 2.34. The van der Waals surface area contributed by atoms with Crippen molar-refractivity contribution in [1.29, 1.82) is 0 Å². The fourth-order valence-corrected chi connectivity index (χ4v) is 6.12. The molecule has 0 aliphatic heterocycles. The monoisotopic (exact) mass is 403 g/mol. The van der Waals surface area contributed by atoms with Gasteiger partial charge in [0.1, 0.15) is 4.83 Å². The highest BCUT2D eigenvalue weighted by Gasteiger charge is 2.27. The second-order valence-corrected chi connectivity index (χ2v) is 8.70. The van der Waals surface area contributed by atoms with Crippen LogP contribution in [0.4, 0.5) is 0 Å². The molecule has 2 heterocycles. The molecule has 1 aromatic carbocycles. The SMILES string of the molecule is Cc1c(CC(=O)O)c2ccsc2n1S(=O)(=O)c1cc(Cl)cc(Cl)c1. The average molecular weight is 404 g/mol. The summed E-state index contributed by atoms with van der Waals surface area (Å²) in [5, 5.41) is 11.9. The first-order valence-electron chi connectivity index (χ1n) is 6.72. The van der Waals surface area contributed by atoms with E-state index in [9.17, 15) is 13.2 Å². The van der Waals surface area contributed by atoms with E-state index in [-0.39, 0.29) is 21.4 Å². The minimum atomic E-state index is -3.96. The molecule has 9 heteroatoms. The number of carbonyl (C=O) groups is 1. The summed E-state index contributed by atoms with van der Waals surface area (Å²) in [5.41, 5.74) is 0.853. The number of aliphatic carboxylic acids is 1. The minimum Gasteiger partial charge on any atom is -0.481 e. The van der Waals surface area contributed by atoms with Crippen LogP contribution in [-0.2, 0) is 21.2 Å². The number of fused-ring (bicyclic) bond motifs is 1. The van der Waals surface area contributed by atoms with Gasteiger partial charge in [0.15, 0.2) is 0 Å². The van der Waals surface area contributed by atoms with E-state index >= 15 is 0 Å². The number of hydrogen-bond acceptors (Lipinski definition) is 4. The molecule has 0 unspecified atom stereocenters. The molecule has 0 spiro atoms. The maximum absolute atomic E-state index is 13.1. The second-order valence-electron chi connectivity index (χ2n) is 5.15. The molecule has 0 bridgehead atoms. The number of hydrogen-bond donors (Lipinski definition) is 1. The number of carboxylic acid groups (broad SMARTS) is 1. The first-order chi connectivity index (χ1) is 11.2. The molecule has 0 atom stereocenters. The normalized spacial score (nSPS) is 12.0. The summed E-state index contributed by atoms with van der Waals surface area (Å²) in [6, 6.07) is 5.81. The van der Waals surface area contributed by atoms with Gasteiger partial charge in [-0.3, -0.25) is 4.79 Å². The Morgan fingerprint density at radius 1 is 1.25 bits per heavy atom. The fraction of sp³-hybridized carbons (Fsp3) is 0.133. The van der Waals surface area contributed by atoms with Gasteiger partial charge in [-0.05, 0) is 42.1 Å². The van der Waals surface area contributed by atoms with Gasteiger partial charge in [0.25, 0.3) is 10.0 Å². The Morgan fingerprint density at radius 3 is 2.46 bits per heavy atom. The Morgan fingerprint density at radius 2 is 1.88 bits per heavy atom. The summed E-state index contributed by atoms with van der Waals surface area (Å²) in [6.45, 7) is 1.59. The molecule has 0 aliphatic carbocycles. The van der Waals surface area contributed by atoms with Crippen LogP contribution >= 0.6 is 34.5 Å². The van der Waals surface area contributed by atoms with Crippen molar-refractivity contribution in [2.75, 3.05) is 0 Å². The van der Waals surface area contributed by atoms with Gasteiger partial charge >= 0.3 is 5.97 Å². The van der Waals surface area contributed by atoms with Gasteiger partial charge in [-0.2, -0.15) is 0 Å². The largest absolute Gasteiger partial charge is 0.481 e. The van der Waals surface area contributed by atoms with Gasteiger partial charge in [0.2, 0.25) is 0 Å². The molecule has 0 aliphatic rings. The second kappa shape index (κ2) is 6.07. The molecule has 24 heavy (non-hydrogen) atoms. The Labute approximate surface area is 152 Å². The van der Waals surface area contributed by atoms with E-state index in [1.165, 1.54) is 29.5 Å². The Kier molecular flexibility index (Phi) is 4.37. The minimum absolute atomic E-state index is 0.0460. The summed E-state index contributed by atoms with van der Waals surface area (Å²) in [6.07, 6.45) is -0.252. The molecular weight excluding hydrogens is 393 g/mol. The van der Waals surface area contributed by atoms with Crippen LogP contribution in [0, 0.1) is 6.92 Å². The van der Waals surface area contributed by atoms with Crippen LogP contribution in [-0.4, -0.2) is 23.5 Å². The Hall–Kier alpha value is -1.54. The molecule has 3 aromatic rings. The smallest absolute Gasteiger partial charge is 0.307 e. The van der Waals surface area contributed by atoms with Gasteiger partial charge in [-0.1, -0.05) is 23.2 Å². The molecule has 0 saturated carbocycles. The number of rotatable bonds is 4. The molecule has 0 amide bonds. The van der Waals surface area contributed by atoms with Crippen molar-refractivity contribution in [2.24, 2.45) is 0 Å². The lowest BCUT2D eigenvalue weighted by atomic mass is 10.1. The zero-order chi connectivity index (χ0) is 17.6. The zero-order valence-corrected chi connectivity index (χ0v) is 15.4. The van der Waals surface area contributed by atoms with Crippen LogP contribution in [0.2, 0.25) is 10.0 Å². The molecular formula is C15H11Cl2NO4S2. The van der Waals surface area contributed by atoms with Crippen LogP contribution in [0.15, 0.2) is 34.5 Å². The lowest BCUT2D eigenvalue weighted by Gasteiger charge is -2.10. The summed E-state index contributed by atoms with van der Waals surface area (Å²) < 4.78 is 27.3. The topological polar surface area (TPSA) is 76.4 Å². The van der Waals surface area contributed by atoms with Crippen molar-refractivity contribution in [3.05, 3.63) is 50.9 Å². The molecule has 3 rings (SSSR count). The van der Waals surface area contributed by atoms with Crippen LogP contribution in [0.25, 0.3) is 10.2 Å². The fourth-order valence-electron chi connectivity index (χ4n) is 2.60. The van der Waals surface area contributed by atoms with Crippen LogP contribution in [0.1, 0.15) is 11.3 Å². The van der Waals surface area contributed by atoms with E-state index < -0.39 is 16.0 Å². The number of thiophene rings is 1. The summed E-state index contributed by atoms with van der Waals surface area (Å²) in [7, 11) is -3.96. The standard InChI is InChI=1S/C15H11Cl2NO4S2/c1-8-13(7-14(19)20)12-2-3-23-15(12)18(8)24(21,22)11-5-9(16)4-10(17)6-11/h2-6H,7H2,1H3,(H,19,20). The molecule has 5 nitrogen and oxygen atoms in total. The molecule has 0 saturated heterocycles. The highest BCUT2D eigenvalue weighted by atomic mass is 35.5. The lowest BCUT2D eigenvalue weighted by Crippen LogP contribution is -2.15. The van der Waals surface area contributed by atoms with Gasteiger partial charge < -0.3 is 5.11 Å².